The first kappa shape index (κ1) is 18.5. The Labute approximate surface area is 150 Å². The molecule has 0 aliphatic carbocycles. The normalized spacial score (nSPS) is 20.1. The summed E-state index contributed by atoms with van der Waals surface area (Å²) in [6, 6.07) is 6.59. The number of rotatable bonds is 2. The molecule has 1 saturated heterocycles. The van der Waals surface area contributed by atoms with Gasteiger partial charge in [-0.25, -0.2) is 9.59 Å². The SMILES string of the molecule is CC(C)(C)OC(=O)N1CCC(Br)CC1=Cc1ccc(C(=O)O)cc1. The van der Waals surface area contributed by atoms with Gasteiger partial charge >= 0.3 is 12.1 Å². The second kappa shape index (κ2) is 7.38. The highest BCUT2D eigenvalue weighted by Crippen LogP contribution is 2.29. The van der Waals surface area contributed by atoms with Crippen LogP contribution in [0.1, 0.15) is 49.5 Å². The summed E-state index contributed by atoms with van der Waals surface area (Å²) in [6.45, 7) is 6.12. The molecule has 1 unspecified atom stereocenters. The van der Waals surface area contributed by atoms with Crippen molar-refractivity contribution in [1.29, 1.82) is 0 Å². The van der Waals surface area contributed by atoms with Gasteiger partial charge in [0.2, 0.25) is 0 Å². The summed E-state index contributed by atoms with van der Waals surface area (Å²) >= 11 is 3.61. The molecule has 1 aliphatic rings. The summed E-state index contributed by atoms with van der Waals surface area (Å²) in [5, 5.41) is 8.96. The van der Waals surface area contributed by atoms with E-state index in [1.54, 1.807) is 29.2 Å². The molecule has 1 atom stereocenters. The fourth-order valence-electron chi connectivity index (χ4n) is 2.43. The van der Waals surface area contributed by atoms with Gasteiger partial charge in [0.15, 0.2) is 0 Å². The van der Waals surface area contributed by atoms with Crippen LogP contribution in [-0.4, -0.2) is 39.0 Å². The third kappa shape index (κ3) is 5.09. The summed E-state index contributed by atoms with van der Waals surface area (Å²) < 4.78 is 5.48. The number of hydrogen-bond acceptors (Lipinski definition) is 3. The van der Waals surface area contributed by atoms with Crippen LogP contribution in [0.15, 0.2) is 30.0 Å². The molecular weight excluding hydrogens is 374 g/mol. The Morgan fingerprint density at radius 1 is 1.29 bits per heavy atom. The number of aromatic carboxylic acids is 1. The number of nitrogens with zero attached hydrogens (tertiary/aromatic N) is 1. The molecule has 1 fully saturated rings. The number of carboxylic acid groups (broad SMARTS) is 1. The topological polar surface area (TPSA) is 66.8 Å². The Balaban J connectivity index is 2.24. The molecule has 0 aromatic heterocycles. The highest BCUT2D eigenvalue weighted by molar-refractivity contribution is 9.09. The number of hydrogen-bond donors (Lipinski definition) is 1. The lowest BCUT2D eigenvalue weighted by Gasteiger charge is -2.34. The fraction of sp³-hybridized carbons (Fsp3) is 0.444. The maximum atomic E-state index is 12.4. The standard InChI is InChI=1S/C18H22BrNO4/c1-18(2,3)24-17(23)20-9-8-14(19)11-15(20)10-12-4-6-13(7-5-12)16(21)22/h4-7,10,14H,8-9,11H2,1-3H3,(H,21,22). The van der Waals surface area contributed by atoms with Crippen LogP contribution >= 0.6 is 15.9 Å². The zero-order valence-electron chi connectivity index (χ0n) is 14.1. The molecule has 1 aromatic carbocycles. The lowest BCUT2D eigenvalue weighted by Crippen LogP contribution is -2.40. The highest BCUT2D eigenvalue weighted by Gasteiger charge is 2.29. The minimum Gasteiger partial charge on any atom is -0.478 e. The second-order valence-corrected chi connectivity index (χ2v) is 8.08. The van der Waals surface area contributed by atoms with Crippen molar-refractivity contribution in [2.24, 2.45) is 0 Å². The van der Waals surface area contributed by atoms with Gasteiger partial charge in [-0.15, -0.1) is 0 Å². The van der Waals surface area contributed by atoms with Crippen molar-refractivity contribution in [3.05, 3.63) is 41.1 Å². The average Bonchev–Trinajstić information content (AvgIpc) is 2.46. The monoisotopic (exact) mass is 395 g/mol. The lowest BCUT2D eigenvalue weighted by molar-refractivity contribution is 0.0291. The first-order valence-corrected chi connectivity index (χ1v) is 8.76. The van der Waals surface area contributed by atoms with Crippen molar-refractivity contribution in [3.63, 3.8) is 0 Å². The number of likely N-dealkylation sites (tertiary alicyclic amines) is 1. The summed E-state index contributed by atoms with van der Waals surface area (Å²) in [7, 11) is 0. The molecular formula is C18H22BrNO4. The third-order valence-electron chi connectivity index (χ3n) is 3.55. The number of alkyl halides is 1. The van der Waals surface area contributed by atoms with Crippen molar-refractivity contribution in [1.82, 2.24) is 4.90 Å². The number of piperidine rings is 1. The molecule has 5 nitrogen and oxygen atoms in total. The quantitative estimate of drug-likeness (QED) is 0.747. The molecule has 1 N–H and O–H groups in total. The van der Waals surface area contributed by atoms with E-state index in [1.807, 2.05) is 26.8 Å². The molecule has 1 aliphatic heterocycles. The van der Waals surface area contributed by atoms with Gasteiger partial charge in [0, 0.05) is 23.5 Å². The van der Waals surface area contributed by atoms with Gasteiger partial charge in [0.05, 0.1) is 5.56 Å². The van der Waals surface area contributed by atoms with Gasteiger partial charge in [-0.05, 0) is 51.0 Å². The van der Waals surface area contributed by atoms with E-state index in [4.69, 9.17) is 9.84 Å². The Morgan fingerprint density at radius 3 is 2.46 bits per heavy atom. The number of halogens is 1. The number of carbonyl (C=O) groups is 2. The first-order chi connectivity index (χ1) is 11.2. The number of carboxylic acids is 1. The van der Waals surface area contributed by atoms with Crippen LogP contribution in [0.4, 0.5) is 4.79 Å². The maximum absolute atomic E-state index is 12.4. The zero-order chi connectivity index (χ0) is 17.9. The van der Waals surface area contributed by atoms with Gasteiger partial charge in [-0.2, -0.15) is 0 Å². The summed E-state index contributed by atoms with van der Waals surface area (Å²) in [6.07, 6.45) is 3.12. The molecule has 1 aromatic rings. The zero-order valence-corrected chi connectivity index (χ0v) is 15.7. The Bertz CT molecular complexity index is 646. The van der Waals surface area contributed by atoms with Gasteiger partial charge in [-0.1, -0.05) is 28.1 Å². The van der Waals surface area contributed by atoms with Crippen molar-refractivity contribution in [3.8, 4) is 0 Å². The molecule has 130 valence electrons. The number of amides is 1. The molecule has 6 heteroatoms. The van der Waals surface area contributed by atoms with Crippen LogP contribution in [-0.2, 0) is 4.74 Å². The van der Waals surface area contributed by atoms with Gasteiger partial charge in [0.25, 0.3) is 0 Å². The minimum absolute atomic E-state index is 0.239. The van der Waals surface area contributed by atoms with Crippen LogP contribution < -0.4 is 0 Å². The van der Waals surface area contributed by atoms with Gasteiger partial charge < -0.3 is 9.84 Å². The highest BCUT2D eigenvalue weighted by atomic mass is 79.9. The molecule has 0 radical (unpaired) electrons. The number of allylic oxidation sites excluding steroid dienone is 1. The number of carbonyl (C=O) groups excluding carboxylic acids is 1. The Kier molecular flexibility index (Phi) is 5.70. The van der Waals surface area contributed by atoms with Gasteiger partial charge in [0.1, 0.15) is 5.60 Å². The van der Waals surface area contributed by atoms with E-state index in [0.717, 1.165) is 17.7 Å². The number of benzene rings is 1. The first-order valence-electron chi connectivity index (χ1n) is 7.84. The van der Waals surface area contributed by atoms with Crippen molar-refractivity contribution in [2.45, 2.75) is 44.0 Å². The van der Waals surface area contributed by atoms with E-state index >= 15 is 0 Å². The molecule has 1 heterocycles. The van der Waals surface area contributed by atoms with Crippen LogP contribution in [0.3, 0.4) is 0 Å². The van der Waals surface area contributed by atoms with Crippen molar-refractivity contribution >= 4 is 34.1 Å². The second-order valence-electron chi connectivity index (χ2n) is 6.78. The van der Waals surface area contributed by atoms with E-state index < -0.39 is 11.6 Å². The van der Waals surface area contributed by atoms with Crippen molar-refractivity contribution < 1.29 is 19.4 Å². The Hall–Kier alpha value is -1.82. The molecule has 1 amide bonds. The van der Waals surface area contributed by atoms with Crippen LogP contribution in [0, 0.1) is 0 Å². The van der Waals surface area contributed by atoms with Crippen LogP contribution in [0.2, 0.25) is 0 Å². The third-order valence-corrected chi connectivity index (χ3v) is 4.33. The minimum atomic E-state index is -0.956. The fourth-order valence-corrected chi connectivity index (χ4v) is 2.97. The van der Waals surface area contributed by atoms with Crippen molar-refractivity contribution in [2.75, 3.05) is 6.54 Å². The molecule has 0 saturated carbocycles. The molecule has 0 spiro atoms. The Morgan fingerprint density at radius 2 is 1.92 bits per heavy atom. The van der Waals surface area contributed by atoms with E-state index in [1.165, 1.54) is 0 Å². The largest absolute Gasteiger partial charge is 0.478 e. The molecule has 0 bridgehead atoms. The summed E-state index contributed by atoms with van der Waals surface area (Å²) in [4.78, 5) is 25.3. The summed E-state index contributed by atoms with van der Waals surface area (Å²) in [5.41, 5.74) is 1.41. The molecule has 24 heavy (non-hydrogen) atoms. The predicted octanol–water partition coefficient (Wildman–Crippen LogP) is 4.52. The predicted molar refractivity (Wildman–Crippen MR) is 96.3 cm³/mol. The maximum Gasteiger partial charge on any atom is 0.414 e. The van der Waals surface area contributed by atoms with E-state index in [0.29, 0.717) is 17.8 Å². The number of ether oxygens (including phenoxy) is 1. The lowest BCUT2D eigenvalue weighted by atomic mass is 10.0. The smallest absolute Gasteiger partial charge is 0.414 e. The van der Waals surface area contributed by atoms with Crippen LogP contribution in [0.5, 0.6) is 0 Å². The van der Waals surface area contributed by atoms with E-state index in [9.17, 15) is 9.59 Å². The van der Waals surface area contributed by atoms with E-state index in [-0.39, 0.29) is 11.7 Å². The molecule has 2 rings (SSSR count). The van der Waals surface area contributed by atoms with Crippen LogP contribution in [0.25, 0.3) is 6.08 Å². The average molecular weight is 396 g/mol. The summed E-state index contributed by atoms with van der Waals surface area (Å²) in [5.74, 6) is -0.956. The van der Waals surface area contributed by atoms with E-state index in [2.05, 4.69) is 15.9 Å². The van der Waals surface area contributed by atoms with Gasteiger partial charge in [-0.3, -0.25) is 4.90 Å².